The van der Waals surface area contributed by atoms with Gasteiger partial charge < -0.3 is 10.1 Å². The van der Waals surface area contributed by atoms with Gasteiger partial charge in [-0.05, 0) is 29.6 Å². The molecule has 2 rings (SSSR count). The fourth-order valence-corrected chi connectivity index (χ4v) is 2.36. The number of carbonyl (C=O) groups is 2. The van der Waals surface area contributed by atoms with Crippen LogP contribution in [0.3, 0.4) is 0 Å². The third kappa shape index (κ3) is 4.13. The summed E-state index contributed by atoms with van der Waals surface area (Å²) >= 11 is 1.47. The van der Waals surface area contributed by atoms with E-state index in [0.717, 1.165) is 6.07 Å². The van der Waals surface area contributed by atoms with E-state index in [0.29, 0.717) is 5.69 Å². The topological polar surface area (TPSA) is 55.4 Å². The Labute approximate surface area is 125 Å². The average Bonchev–Trinajstić information content (AvgIpc) is 2.97. The van der Waals surface area contributed by atoms with Crippen LogP contribution in [0.25, 0.3) is 0 Å². The number of hydrogen-bond donors (Lipinski definition) is 1. The number of benzene rings is 1. The van der Waals surface area contributed by atoms with Crippen molar-refractivity contribution in [1.29, 1.82) is 0 Å². The highest BCUT2D eigenvalue weighted by atomic mass is 32.1. The lowest BCUT2D eigenvalue weighted by Crippen LogP contribution is -2.13. The minimum absolute atomic E-state index is 0.0295. The molecule has 0 aliphatic carbocycles. The van der Waals surface area contributed by atoms with Crippen LogP contribution in [-0.4, -0.2) is 18.8 Å². The predicted molar refractivity (Wildman–Crippen MR) is 79.5 cm³/mol. The molecule has 6 heteroatoms. The maximum atomic E-state index is 13.5. The van der Waals surface area contributed by atoms with E-state index >= 15 is 0 Å². The van der Waals surface area contributed by atoms with Crippen LogP contribution in [-0.2, 0) is 4.79 Å². The molecule has 0 fully saturated rings. The molecule has 0 saturated carbocycles. The van der Waals surface area contributed by atoms with E-state index in [1.54, 1.807) is 11.4 Å². The highest BCUT2D eigenvalue weighted by Crippen LogP contribution is 2.19. The molecule has 0 aliphatic rings. The molecular weight excluding hydrogens is 293 g/mol. The van der Waals surface area contributed by atoms with Crippen molar-refractivity contribution in [3.63, 3.8) is 0 Å². The van der Waals surface area contributed by atoms with Gasteiger partial charge in [-0.25, -0.2) is 4.39 Å². The molecule has 1 heterocycles. The summed E-state index contributed by atoms with van der Waals surface area (Å²) in [5.74, 6) is -1.03. The molecular formula is C15H14FNO3S. The number of anilines is 1. The van der Waals surface area contributed by atoms with Crippen LogP contribution in [0.2, 0.25) is 0 Å². The van der Waals surface area contributed by atoms with Gasteiger partial charge in [-0.1, -0.05) is 0 Å². The summed E-state index contributed by atoms with van der Waals surface area (Å²) in [6.45, 7) is 0. The van der Waals surface area contributed by atoms with Crippen LogP contribution >= 0.6 is 11.3 Å². The maximum absolute atomic E-state index is 13.5. The van der Waals surface area contributed by atoms with Crippen molar-refractivity contribution in [2.45, 2.75) is 12.8 Å². The van der Waals surface area contributed by atoms with Crippen LogP contribution in [0.1, 0.15) is 23.2 Å². The number of Topliss-reactive ketones (excluding diaryl/α,β-unsaturated/α-hetero) is 1. The second-order valence-electron chi connectivity index (χ2n) is 4.33. The Morgan fingerprint density at radius 2 is 2.10 bits per heavy atom. The normalized spacial score (nSPS) is 10.2. The number of rotatable bonds is 6. The van der Waals surface area contributed by atoms with Crippen molar-refractivity contribution >= 4 is 28.7 Å². The molecule has 1 amide bonds. The molecule has 110 valence electrons. The van der Waals surface area contributed by atoms with E-state index < -0.39 is 5.82 Å². The van der Waals surface area contributed by atoms with Crippen molar-refractivity contribution in [3.8, 4) is 5.75 Å². The summed E-state index contributed by atoms with van der Waals surface area (Å²) in [5.41, 5.74) is 0.949. The first-order chi connectivity index (χ1) is 10.1. The average molecular weight is 307 g/mol. The third-order valence-electron chi connectivity index (χ3n) is 2.86. The van der Waals surface area contributed by atoms with Gasteiger partial charge in [0.05, 0.1) is 12.8 Å². The smallest absolute Gasteiger partial charge is 0.224 e. The number of carbonyl (C=O) groups excluding carboxylic acids is 2. The molecule has 0 radical (unpaired) electrons. The highest BCUT2D eigenvalue weighted by molar-refractivity contribution is 7.08. The van der Waals surface area contributed by atoms with Gasteiger partial charge in [0.25, 0.3) is 0 Å². The van der Waals surface area contributed by atoms with E-state index in [-0.39, 0.29) is 35.8 Å². The van der Waals surface area contributed by atoms with Crippen LogP contribution < -0.4 is 10.1 Å². The summed E-state index contributed by atoms with van der Waals surface area (Å²) in [6, 6.07) is 5.79. The van der Waals surface area contributed by atoms with Gasteiger partial charge in [0.1, 0.15) is 0 Å². The Hall–Kier alpha value is -2.21. The van der Waals surface area contributed by atoms with E-state index in [4.69, 9.17) is 4.74 Å². The standard InChI is InChI=1S/C15H14FNO3S/c1-20-14-4-2-10(8-12(14)16)13(18)3-5-15(19)17-11-6-7-21-9-11/h2,4,6-9H,3,5H2,1H3,(H,17,19). The predicted octanol–water partition coefficient (Wildman–Crippen LogP) is 3.50. The zero-order valence-corrected chi connectivity index (χ0v) is 12.2. The van der Waals surface area contributed by atoms with E-state index in [2.05, 4.69) is 5.32 Å². The first kappa shape index (κ1) is 15.2. The first-order valence-corrected chi connectivity index (χ1v) is 7.23. The molecule has 0 spiro atoms. The summed E-state index contributed by atoms with van der Waals surface area (Å²) in [7, 11) is 1.36. The summed E-state index contributed by atoms with van der Waals surface area (Å²) in [5, 5.41) is 6.34. The van der Waals surface area contributed by atoms with Crippen LogP contribution in [0.15, 0.2) is 35.0 Å². The summed E-state index contributed by atoms with van der Waals surface area (Å²) in [4.78, 5) is 23.6. The number of hydrogen-bond acceptors (Lipinski definition) is 4. The van der Waals surface area contributed by atoms with E-state index in [1.807, 2.05) is 5.38 Å². The minimum atomic E-state index is -0.592. The molecule has 0 aliphatic heterocycles. The van der Waals surface area contributed by atoms with Gasteiger partial charge in [-0.3, -0.25) is 9.59 Å². The molecule has 0 unspecified atom stereocenters. The zero-order chi connectivity index (χ0) is 15.2. The maximum Gasteiger partial charge on any atom is 0.224 e. The Bertz CT molecular complexity index is 640. The van der Waals surface area contributed by atoms with Gasteiger partial charge in [-0.2, -0.15) is 11.3 Å². The van der Waals surface area contributed by atoms with Crippen molar-refractivity contribution in [2.75, 3.05) is 12.4 Å². The van der Waals surface area contributed by atoms with Gasteiger partial charge in [0, 0.05) is 23.8 Å². The van der Waals surface area contributed by atoms with Crippen molar-refractivity contribution in [2.24, 2.45) is 0 Å². The Kier molecular flexibility index (Phi) is 5.05. The second kappa shape index (κ2) is 6.99. The quantitative estimate of drug-likeness (QED) is 0.831. The lowest BCUT2D eigenvalue weighted by atomic mass is 10.1. The molecule has 4 nitrogen and oxygen atoms in total. The molecule has 1 aromatic carbocycles. The van der Waals surface area contributed by atoms with Gasteiger partial charge in [-0.15, -0.1) is 0 Å². The van der Waals surface area contributed by atoms with E-state index in [9.17, 15) is 14.0 Å². The second-order valence-corrected chi connectivity index (χ2v) is 5.11. The number of ketones is 1. The SMILES string of the molecule is COc1ccc(C(=O)CCC(=O)Nc2ccsc2)cc1F. The number of ether oxygens (including phenoxy) is 1. The number of methoxy groups -OCH3 is 1. The monoisotopic (exact) mass is 307 g/mol. The molecule has 1 N–H and O–H groups in total. The number of nitrogens with one attached hydrogen (secondary N) is 1. The van der Waals surface area contributed by atoms with Crippen LogP contribution in [0.5, 0.6) is 5.75 Å². The van der Waals surface area contributed by atoms with Gasteiger partial charge in [0.15, 0.2) is 17.3 Å². The van der Waals surface area contributed by atoms with E-state index in [1.165, 1.54) is 30.6 Å². The zero-order valence-electron chi connectivity index (χ0n) is 11.4. The number of thiophene rings is 1. The lowest BCUT2D eigenvalue weighted by Gasteiger charge is -2.05. The van der Waals surface area contributed by atoms with Crippen LogP contribution in [0, 0.1) is 5.82 Å². The lowest BCUT2D eigenvalue weighted by molar-refractivity contribution is -0.116. The summed E-state index contributed by atoms with van der Waals surface area (Å²) in [6.07, 6.45) is 0.0874. The Morgan fingerprint density at radius 1 is 1.29 bits per heavy atom. The van der Waals surface area contributed by atoms with Crippen LogP contribution in [0.4, 0.5) is 10.1 Å². The van der Waals surface area contributed by atoms with Crippen molar-refractivity contribution in [1.82, 2.24) is 0 Å². The number of amides is 1. The van der Waals surface area contributed by atoms with Gasteiger partial charge >= 0.3 is 0 Å². The molecule has 2 aromatic rings. The minimum Gasteiger partial charge on any atom is -0.494 e. The fraction of sp³-hybridized carbons (Fsp3) is 0.200. The molecule has 0 saturated heterocycles. The Balaban J connectivity index is 1.89. The third-order valence-corrected chi connectivity index (χ3v) is 3.54. The highest BCUT2D eigenvalue weighted by Gasteiger charge is 2.12. The molecule has 0 atom stereocenters. The largest absolute Gasteiger partial charge is 0.494 e. The number of halogens is 1. The van der Waals surface area contributed by atoms with Gasteiger partial charge in [0.2, 0.25) is 5.91 Å². The molecule has 0 bridgehead atoms. The Morgan fingerprint density at radius 3 is 2.71 bits per heavy atom. The molecule has 21 heavy (non-hydrogen) atoms. The van der Waals surface area contributed by atoms with Crippen molar-refractivity contribution < 1.29 is 18.7 Å². The molecule has 1 aromatic heterocycles. The first-order valence-electron chi connectivity index (χ1n) is 6.29. The fourth-order valence-electron chi connectivity index (χ4n) is 1.77. The summed E-state index contributed by atoms with van der Waals surface area (Å²) < 4.78 is 18.3. The van der Waals surface area contributed by atoms with Crippen molar-refractivity contribution in [3.05, 3.63) is 46.4 Å².